The zero-order chi connectivity index (χ0) is 24.6. The summed E-state index contributed by atoms with van der Waals surface area (Å²) in [6.07, 6.45) is 2.44. The number of aromatic amines is 1. The third-order valence-corrected chi connectivity index (χ3v) is 6.25. The number of hydrogen-bond donors (Lipinski definition) is 2. The van der Waals surface area contributed by atoms with Crippen molar-refractivity contribution in [2.45, 2.75) is 40.0 Å². The Labute approximate surface area is 198 Å². The zero-order valence-corrected chi connectivity index (χ0v) is 19.9. The molecule has 2 aliphatic heterocycles. The number of nitrogens with zero attached hydrogens (tertiary/aromatic N) is 3. The fourth-order valence-electron chi connectivity index (χ4n) is 4.29. The first-order valence-corrected chi connectivity index (χ1v) is 11.6. The number of amides is 2. The molecule has 0 saturated carbocycles. The molecule has 1 aromatic heterocycles. The Morgan fingerprint density at radius 1 is 1.24 bits per heavy atom. The maximum absolute atomic E-state index is 13.2. The molecule has 0 aliphatic carbocycles. The van der Waals surface area contributed by atoms with E-state index < -0.39 is 12.3 Å². The predicted octanol–water partition coefficient (Wildman–Crippen LogP) is 1.50. The lowest BCUT2D eigenvalue weighted by Gasteiger charge is -2.35. The van der Waals surface area contributed by atoms with Crippen molar-refractivity contribution in [3.63, 3.8) is 0 Å². The van der Waals surface area contributed by atoms with Gasteiger partial charge in [-0.3, -0.25) is 15.0 Å². The molecule has 2 saturated heterocycles. The average molecular weight is 469 g/mol. The number of ether oxygens (including phenoxy) is 1. The van der Waals surface area contributed by atoms with Crippen LogP contribution in [0.2, 0.25) is 0 Å². The van der Waals surface area contributed by atoms with Crippen molar-refractivity contribution in [1.82, 2.24) is 19.8 Å². The van der Waals surface area contributed by atoms with Gasteiger partial charge in [-0.25, -0.2) is 9.37 Å². The number of nitrogens with two attached hydrogens (primary N) is 1. The van der Waals surface area contributed by atoms with E-state index in [9.17, 15) is 14.0 Å². The van der Waals surface area contributed by atoms with Gasteiger partial charge in [0, 0.05) is 30.3 Å². The molecule has 1 aromatic carbocycles. The second-order valence-corrected chi connectivity index (χ2v) is 9.40. The number of H-pyrrole nitrogens is 1. The summed E-state index contributed by atoms with van der Waals surface area (Å²) in [6.45, 7) is 9.12. The second kappa shape index (κ2) is 9.50. The maximum Gasteiger partial charge on any atom is 0.272 e. The fourth-order valence-corrected chi connectivity index (χ4v) is 4.29. The number of benzene rings is 1. The van der Waals surface area contributed by atoms with E-state index in [1.807, 2.05) is 27.7 Å². The molecule has 3 N–H and O–H groups in total. The minimum Gasteiger partial charge on any atom is -0.343 e. The Morgan fingerprint density at radius 2 is 1.94 bits per heavy atom. The van der Waals surface area contributed by atoms with E-state index in [1.165, 1.54) is 18.3 Å². The Morgan fingerprint density at radius 3 is 2.59 bits per heavy atom. The number of allylic oxidation sites excluding steroid dienone is 2. The van der Waals surface area contributed by atoms with Gasteiger partial charge in [0.15, 0.2) is 6.23 Å². The lowest BCUT2D eigenvalue weighted by molar-refractivity contribution is -0.132. The molecule has 4 rings (SSSR count). The van der Waals surface area contributed by atoms with Crippen molar-refractivity contribution in [3.8, 4) is 0 Å². The van der Waals surface area contributed by atoms with E-state index in [0.717, 1.165) is 5.57 Å². The minimum atomic E-state index is -0.458. The van der Waals surface area contributed by atoms with E-state index in [2.05, 4.69) is 9.97 Å². The summed E-state index contributed by atoms with van der Waals surface area (Å²) in [7, 11) is 0. The van der Waals surface area contributed by atoms with Crippen molar-refractivity contribution in [3.05, 3.63) is 59.4 Å². The Balaban J connectivity index is 1.49. The Hall–Kier alpha value is -3.33. The van der Waals surface area contributed by atoms with E-state index >= 15 is 0 Å². The number of piperazine rings is 1. The number of halogens is 1. The number of carbonyl (C=O) groups excluding carboxylic acids is 2. The number of nitrogens with one attached hydrogen (secondary N) is 1. The highest BCUT2D eigenvalue weighted by atomic mass is 19.1. The third-order valence-electron chi connectivity index (χ3n) is 6.25. The SMILES string of the molecule is CC(C)/C(=C/C(=[NH2+])c1ccc(F)cc1)c1ncc(C(=O)N2CCN3C(=O)[C@H](C(C)C)O[C@H]3C2)[nH]1. The van der Waals surface area contributed by atoms with E-state index in [1.54, 1.807) is 28.0 Å². The molecule has 34 heavy (non-hydrogen) atoms. The molecule has 2 fully saturated rings. The number of carbonyl (C=O) groups is 2. The van der Waals surface area contributed by atoms with Crippen molar-refractivity contribution in [2.75, 3.05) is 19.6 Å². The number of aromatic nitrogens is 2. The zero-order valence-electron chi connectivity index (χ0n) is 19.9. The van der Waals surface area contributed by atoms with Crippen LogP contribution >= 0.6 is 0 Å². The van der Waals surface area contributed by atoms with Gasteiger partial charge >= 0.3 is 0 Å². The molecule has 0 bridgehead atoms. The van der Waals surface area contributed by atoms with Crippen LogP contribution in [0, 0.1) is 17.7 Å². The van der Waals surface area contributed by atoms with Crippen LogP contribution in [0.25, 0.3) is 5.57 Å². The molecule has 0 radical (unpaired) electrons. The predicted molar refractivity (Wildman–Crippen MR) is 125 cm³/mol. The van der Waals surface area contributed by atoms with Crippen LogP contribution in [-0.4, -0.2) is 69.3 Å². The first-order chi connectivity index (χ1) is 16.2. The van der Waals surface area contributed by atoms with Gasteiger partial charge in [0.05, 0.1) is 12.7 Å². The maximum atomic E-state index is 13.2. The summed E-state index contributed by atoms with van der Waals surface area (Å²) in [6, 6.07) is 5.96. The van der Waals surface area contributed by atoms with Crippen LogP contribution in [0.5, 0.6) is 0 Å². The molecule has 180 valence electrons. The topological polar surface area (TPSA) is 104 Å². The van der Waals surface area contributed by atoms with Crippen molar-refractivity contribution < 1.29 is 24.1 Å². The average Bonchev–Trinajstić information content (AvgIpc) is 3.42. The van der Waals surface area contributed by atoms with E-state index in [4.69, 9.17) is 10.1 Å². The molecule has 2 atom stereocenters. The molecular formula is C25H31FN5O3+. The van der Waals surface area contributed by atoms with Crippen molar-refractivity contribution >= 4 is 23.1 Å². The Kier molecular flexibility index (Phi) is 6.65. The normalized spacial score (nSPS) is 20.9. The van der Waals surface area contributed by atoms with Crippen molar-refractivity contribution in [2.24, 2.45) is 11.8 Å². The summed E-state index contributed by atoms with van der Waals surface area (Å²) in [5, 5.41) is 6.25. The summed E-state index contributed by atoms with van der Waals surface area (Å²) in [5.74, 6) is 0.180. The van der Waals surface area contributed by atoms with E-state index in [-0.39, 0.29) is 29.5 Å². The number of hydrogen-bond acceptors (Lipinski definition) is 4. The third kappa shape index (κ3) is 4.65. The van der Waals surface area contributed by atoms with Crippen LogP contribution in [0.3, 0.4) is 0 Å². The Bertz CT molecular complexity index is 1120. The summed E-state index contributed by atoms with van der Waals surface area (Å²) in [4.78, 5) is 36.7. The number of fused-ring (bicyclic) bond motifs is 1. The monoisotopic (exact) mass is 468 g/mol. The quantitative estimate of drug-likeness (QED) is 0.627. The molecule has 8 nitrogen and oxygen atoms in total. The van der Waals surface area contributed by atoms with Gasteiger partial charge in [-0.2, -0.15) is 0 Å². The fraction of sp³-hybridized carbons (Fsp3) is 0.440. The molecule has 2 aliphatic rings. The van der Waals surface area contributed by atoms with Gasteiger partial charge in [0.25, 0.3) is 11.8 Å². The largest absolute Gasteiger partial charge is 0.343 e. The van der Waals surface area contributed by atoms with Gasteiger partial charge in [0.1, 0.15) is 23.4 Å². The van der Waals surface area contributed by atoms with Crippen LogP contribution in [-0.2, 0) is 9.53 Å². The molecule has 2 amide bonds. The van der Waals surface area contributed by atoms with Crippen LogP contribution in [0.1, 0.15) is 49.6 Å². The molecule has 0 unspecified atom stereocenters. The standard InChI is InChI=1S/C25H30FN5O3/c1-14(2)18(11-19(27)16-5-7-17(26)8-6-16)23-28-12-20(29-23)24(32)30-9-10-31-21(13-30)34-22(15(3)4)25(31)33/h5-8,11-12,14-15,21-22,27H,9-10,13H2,1-4H3,(H,28,29)/p+1/b18-11-,27-19?/t21-,22-/m0/s1. The number of imidazole rings is 1. The van der Waals surface area contributed by atoms with Crippen LogP contribution in [0.4, 0.5) is 4.39 Å². The summed E-state index contributed by atoms with van der Waals surface area (Å²) >= 11 is 0. The molecule has 2 aromatic rings. The first-order valence-electron chi connectivity index (χ1n) is 11.6. The highest BCUT2D eigenvalue weighted by molar-refractivity contribution is 6.08. The lowest BCUT2D eigenvalue weighted by Crippen LogP contribution is -2.53. The highest BCUT2D eigenvalue weighted by Crippen LogP contribution is 2.27. The van der Waals surface area contributed by atoms with Crippen molar-refractivity contribution in [1.29, 1.82) is 0 Å². The molecule has 0 spiro atoms. The van der Waals surface area contributed by atoms with Gasteiger partial charge in [-0.05, 0) is 36.1 Å². The van der Waals surface area contributed by atoms with Crippen LogP contribution in [0.15, 0.2) is 36.5 Å². The lowest BCUT2D eigenvalue weighted by atomic mass is 9.98. The first kappa shape index (κ1) is 23.8. The highest BCUT2D eigenvalue weighted by Gasteiger charge is 2.45. The number of rotatable bonds is 6. The summed E-state index contributed by atoms with van der Waals surface area (Å²) in [5.41, 5.74) is 2.37. The smallest absolute Gasteiger partial charge is 0.272 e. The van der Waals surface area contributed by atoms with Crippen LogP contribution < -0.4 is 5.41 Å². The van der Waals surface area contributed by atoms with Gasteiger partial charge in [-0.15, -0.1) is 0 Å². The molecule has 3 heterocycles. The summed E-state index contributed by atoms with van der Waals surface area (Å²) < 4.78 is 19.2. The van der Waals surface area contributed by atoms with Gasteiger partial charge < -0.3 is 19.5 Å². The van der Waals surface area contributed by atoms with E-state index in [0.29, 0.717) is 42.4 Å². The second-order valence-electron chi connectivity index (χ2n) is 9.40. The molecular weight excluding hydrogens is 437 g/mol. The molecule has 9 heteroatoms. The minimum absolute atomic E-state index is 0.00219. The van der Waals surface area contributed by atoms with Gasteiger partial charge in [-0.1, -0.05) is 27.7 Å². The van der Waals surface area contributed by atoms with Gasteiger partial charge in [0.2, 0.25) is 5.71 Å².